The summed E-state index contributed by atoms with van der Waals surface area (Å²) >= 11 is 1.25. The van der Waals surface area contributed by atoms with Crippen LogP contribution in [0, 0.1) is 0 Å². The van der Waals surface area contributed by atoms with Crippen LogP contribution in [0.3, 0.4) is 0 Å². The molecular weight excluding hydrogens is 302 g/mol. The quantitative estimate of drug-likeness (QED) is 0.291. The van der Waals surface area contributed by atoms with Crippen molar-refractivity contribution in [1.29, 1.82) is 0 Å². The molecule has 0 aliphatic rings. The lowest BCUT2D eigenvalue weighted by Crippen LogP contribution is -2.20. The highest BCUT2D eigenvalue weighted by atomic mass is 32.1. The summed E-state index contributed by atoms with van der Waals surface area (Å²) in [6.07, 6.45) is 6.99. The Kier molecular flexibility index (Phi) is 9.21. The van der Waals surface area contributed by atoms with Gasteiger partial charge in [-0.2, -0.15) is 0 Å². The van der Waals surface area contributed by atoms with E-state index in [0.717, 1.165) is 12.8 Å². The van der Waals surface area contributed by atoms with Gasteiger partial charge in [-0.15, -0.1) is 11.3 Å². The van der Waals surface area contributed by atoms with E-state index in [4.69, 9.17) is 15.3 Å². The number of carbonyl (C=O) groups is 1. The van der Waals surface area contributed by atoms with Gasteiger partial charge in [0.1, 0.15) is 12.3 Å². The summed E-state index contributed by atoms with van der Waals surface area (Å²) in [7, 11) is 0. The van der Waals surface area contributed by atoms with Gasteiger partial charge in [0.25, 0.3) is 0 Å². The zero-order valence-corrected chi connectivity index (χ0v) is 14.2. The normalized spacial score (nSPS) is 11.5. The van der Waals surface area contributed by atoms with Crippen molar-refractivity contribution in [2.45, 2.75) is 52.4 Å². The van der Waals surface area contributed by atoms with Crippen molar-refractivity contribution in [3.63, 3.8) is 0 Å². The van der Waals surface area contributed by atoms with E-state index in [2.05, 4.69) is 17.1 Å². The fraction of sp³-hybridized carbons (Fsp3) is 0.667. The van der Waals surface area contributed by atoms with E-state index in [1.807, 2.05) is 0 Å². The van der Waals surface area contributed by atoms with E-state index < -0.39 is 5.97 Å². The molecule has 0 spiro atoms. The van der Waals surface area contributed by atoms with Gasteiger partial charge >= 0.3 is 5.97 Å². The third kappa shape index (κ3) is 6.89. The van der Waals surface area contributed by atoms with Gasteiger partial charge in [-0.1, -0.05) is 37.8 Å². The van der Waals surface area contributed by atoms with Crippen molar-refractivity contribution in [2.75, 3.05) is 18.9 Å². The van der Waals surface area contributed by atoms with E-state index in [1.54, 1.807) is 12.3 Å². The molecule has 0 bridgehead atoms. The summed E-state index contributed by atoms with van der Waals surface area (Å²) in [4.78, 5) is 21.2. The van der Waals surface area contributed by atoms with Crippen molar-refractivity contribution in [1.82, 2.24) is 4.98 Å². The Morgan fingerprint density at radius 1 is 1.27 bits per heavy atom. The Bertz CT molecular complexity index is 474. The number of nitrogens with two attached hydrogens (primary N) is 1. The van der Waals surface area contributed by atoms with Gasteiger partial charge < -0.3 is 15.3 Å². The van der Waals surface area contributed by atoms with Gasteiger partial charge in [0, 0.05) is 5.38 Å². The number of nitrogens with zero attached hydrogens (tertiary/aromatic N) is 2. The zero-order chi connectivity index (χ0) is 16.2. The maximum Gasteiger partial charge on any atom is 0.362 e. The Morgan fingerprint density at radius 3 is 2.64 bits per heavy atom. The van der Waals surface area contributed by atoms with Gasteiger partial charge in [0.05, 0.1) is 6.61 Å². The lowest BCUT2D eigenvalue weighted by Gasteiger charge is -2.04. The van der Waals surface area contributed by atoms with Crippen LogP contribution >= 0.6 is 11.3 Å². The second-order valence-electron chi connectivity index (χ2n) is 4.83. The molecule has 1 rings (SSSR count). The number of esters is 1. The maximum absolute atomic E-state index is 11.9. The predicted octanol–water partition coefficient (Wildman–Crippen LogP) is 3.37. The molecule has 0 saturated heterocycles. The summed E-state index contributed by atoms with van der Waals surface area (Å²) in [6, 6.07) is 0. The molecule has 6 nitrogen and oxygen atoms in total. The largest absolute Gasteiger partial charge is 0.461 e. The number of thiazole rings is 1. The number of hydrogen-bond donors (Lipinski definition) is 1. The molecule has 2 N–H and O–H groups in total. The summed E-state index contributed by atoms with van der Waals surface area (Å²) in [5, 5.41) is 5.93. The molecule has 0 aliphatic carbocycles. The Morgan fingerprint density at radius 2 is 2.00 bits per heavy atom. The summed E-state index contributed by atoms with van der Waals surface area (Å²) < 4.78 is 4.96. The van der Waals surface area contributed by atoms with E-state index in [-0.39, 0.29) is 12.3 Å². The Balaban J connectivity index is 2.44. The molecule has 1 aromatic rings. The molecule has 0 radical (unpaired) electrons. The molecule has 124 valence electrons. The molecule has 0 aliphatic heterocycles. The summed E-state index contributed by atoms with van der Waals surface area (Å²) in [6.45, 7) is 4.69. The molecule has 0 fully saturated rings. The molecule has 22 heavy (non-hydrogen) atoms. The molecule has 0 atom stereocenters. The molecule has 7 heteroatoms. The smallest absolute Gasteiger partial charge is 0.362 e. The molecule has 0 aromatic carbocycles. The minimum atomic E-state index is -0.546. The average molecular weight is 327 g/mol. The number of nitrogen functional groups attached to an aromatic ring is 1. The lowest BCUT2D eigenvalue weighted by molar-refractivity contribution is -0.135. The third-order valence-corrected chi connectivity index (χ3v) is 3.65. The van der Waals surface area contributed by atoms with Crippen LogP contribution in [0.1, 0.15) is 58.1 Å². The highest BCUT2D eigenvalue weighted by molar-refractivity contribution is 7.13. The molecular formula is C15H25N3O3S. The maximum atomic E-state index is 11.9. The average Bonchev–Trinajstić information content (AvgIpc) is 2.92. The van der Waals surface area contributed by atoms with Crippen LogP contribution in [0.5, 0.6) is 0 Å². The minimum Gasteiger partial charge on any atom is -0.461 e. The number of hydrogen-bond acceptors (Lipinski definition) is 7. The molecule has 0 saturated carbocycles. The fourth-order valence-electron chi connectivity index (χ4n) is 1.84. The van der Waals surface area contributed by atoms with E-state index in [9.17, 15) is 4.79 Å². The van der Waals surface area contributed by atoms with Crippen LogP contribution in [-0.2, 0) is 14.4 Å². The Labute approximate surface area is 135 Å². The standard InChI is InChI=1S/C15H25N3O3S/c1-3-5-6-7-8-9-10-21-18-13(14(19)20-4-2)12-11-22-15(16)17-12/h11H,3-10H2,1-2H3,(H2,16,17)/b18-13+. The van der Waals surface area contributed by atoms with Crippen LogP contribution in [0.4, 0.5) is 5.13 Å². The first kappa shape index (κ1) is 18.4. The van der Waals surface area contributed by atoms with Crippen molar-refractivity contribution in [3.05, 3.63) is 11.1 Å². The van der Waals surface area contributed by atoms with Crippen molar-refractivity contribution >= 4 is 28.1 Å². The van der Waals surface area contributed by atoms with Crippen molar-refractivity contribution in [3.8, 4) is 0 Å². The first-order chi connectivity index (χ1) is 10.7. The van der Waals surface area contributed by atoms with Crippen LogP contribution in [0.15, 0.2) is 10.5 Å². The van der Waals surface area contributed by atoms with Gasteiger partial charge in [0.2, 0.25) is 5.71 Å². The van der Waals surface area contributed by atoms with Crippen LogP contribution in [-0.4, -0.2) is 29.9 Å². The van der Waals surface area contributed by atoms with Crippen LogP contribution in [0.2, 0.25) is 0 Å². The highest BCUT2D eigenvalue weighted by Gasteiger charge is 2.19. The van der Waals surface area contributed by atoms with E-state index in [1.165, 1.54) is 37.0 Å². The zero-order valence-electron chi connectivity index (χ0n) is 13.3. The first-order valence-corrected chi connectivity index (χ1v) is 8.65. The fourth-order valence-corrected chi connectivity index (χ4v) is 2.39. The number of oxime groups is 1. The molecule has 1 aromatic heterocycles. The number of carbonyl (C=O) groups excluding carboxylic acids is 1. The number of rotatable bonds is 11. The van der Waals surface area contributed by atoms with Crippen molar-refractivity contribution < 1.29 is 14.4 Å². The molecule has 0 unspecified atom stereocenters. The Hall–Kier alpha value is -1.63. The second kappa shape index (κ2) is 11.0. The number of ether oxygens (including phenoxy) is 1. The number of anilines is 1. The molecule has 1 heterocycles. The van der Waals surface area contributed by atoms with Gasteiger partial charge in [-0.25, -0.2) is 9.78 Å². The van der Waals surface area contributed by atoms with Crippen LogP contribution in [0.25, 0.3) is 0 Å². The van der Waals surface area contributed by atoms with Crippen LogP contribution < -0.4 is 5.73 Å². The van der Waals surface area contributed by atoms with Gasteiger partial charge in [-0.3, -0.25) is 0 Å². The highest BCUT2D eigenvalue weighted by Crippen LogP contribution is 2.13. The second-order valence-corrected chi connectivity index (χ2v) is 5.72. The number of unbranched alkanes of at least 4 members (excludes halogenated alkanes) is 5. The monoisotopic (exact) mass is 327 g/mol. The van der Waals surface area contributed by atoms with Gasteiger partial charge in [0.15, 0.2) is 5.13 Å². The van der Waals surface area contributed by atoms with Crippen molar-refractivity contribution in [2.24, 2.45) is 5.16 Å². The summed E-state index contributed by atoms with van der Waals surface area (Å²) in [5.41, 5.74) is 6.05. The van der Waals surface area contributed by atoms with E-state index in [0.29, 0.717) is 17.4 Å². The SMILES string of the molecule is CCCCCCCCO/N=C(/C(=O)OCC)c1csc(N)n1. The van der Waals surface area contributed by atoms with Gasteiger partial charge in [-0.05, 0) is 19.8 Å². The minimum absolute atomic E-state index is 0.0702. The van der Waals surface area contributed by atoms with E-state index >= 15 is 0 Å². The summed E-state index contributed by atoms with van der Waals surface area (Å²) in [5.74, 6) is -0.546. The molecule has 0 amide bonds. The number of aromatic nitrogens is 1. The third-order valence-electron chi connectivity index (χ3n) is 2.98. The predicted molar refractivity (Wildman–Crippen MR) is 89.0 cm³/mol. The lowest BCUT2D eigenvalue weighted by atomic mass is 10.1. The topological polar surface area (TPSA) is 86.8 Å². The first-order valence-electron chi connectivity index (χ1n) is 7.77.